The molecule has 0 radical (unpaired) electrons. The molecule has 26 heavy (non-hydrogen) atoms. The molecule has 1 saturated heterocycles. The van der Waals surface area contributed by atoms with Crippen LogP contribution in [0.3, 0.4) is 0 Å². The van der Waals surface area contributed by atoms with Crippen LogP contribution in [0.5, 0.6) is 5.75 Å². The van der Waals surface area contributed by atoms with Gasteiger partial charge in [0.1, 0.15) is 16.2 Å². The Balaban J connectivity index is 1.52. The molecule has 0 saturated carbocycles. The third-order valence-corrected chi connectivity index (χ3v) is 6.47. The summed E-state index contributed by atoms with van der Waals surface area (Å²) in [6, 6.07) is 12.6. The van der Waals surface area contributed by atoms with Crippen LogP contribution >= 0.6 is 0 Å². The average molecular weight is 374 g/mol. The van der Waals surface area contributed by atoms with Gasteiger partial charge in [-0.3, -0.25) is 0 Å². The number of aromatic nitrogens is 2. The SMILES string of the molecule is COc1ccc(N2CCN(S(=O)(=O)c3cccc4nonc34)CC2)cc1. The summed E-state index contributed by atoms with van der Waals surface area (Å²) in [7, 11) is -2.02. The first-order chi connectivity index (χ1) is 12.6. The molecule has 0 unspecified atom stereocenters. The fraction of sp³-hybridized carbons (Fsp3) is 0.294. The highest BCUT2D eigenvalue weighted by molar-refractivity contribution is 7.89. The zero-order chi connectivity index (χ0) is 18.1. The number of benzene rings is 2. The Kier molecular flexibility index (Phi) is 4.25. The Labute approximate surface area is 151 Å². The molecule has 0 N–H and O–H groups in total. The second kappa shape index (κ2) is 6.58. The highest BCUT2D eigenvalue weighted by Gasteiger charge is 2.31. The van der Waals surface area contributed by atoms with E-state index in [2.05, 4.69) is 19.8 Å². The van der Waals surface area contributed by atoms with Crippen molar-refractivity contribution in [1.82, 2.24) is 14.6 Å². The van der Waals surface area contributed by atoms with E-state index in [1.807, 2.05) is 24.3 Å². The van der Waals surface area contributed by atoms with Crippen LogP contribution < -0.4 is 9.64 Å². The van der Waals surface area contributed by atoms with Gasteiger partial charge in [-0.2, -0.15) is 4.31 Å². The second-order valence-corrected chi connectivity index (χ2v) is 7.88. The lowest BCUT2D eigenvalue weighted by Crippen LogP contribution is -2.48. The van der Waals surface area contributed by atoms with E-state index in [0.29, 0.717) is 31.7 Å². The van der Waals surface area contributed by atoms with Gasteiger partial charge in [0.2, 0.25) is 10.0 Å². The molecule has 4 rings (SSSR count). The molecule has 1 aliphatic heterocycles. The van der Waals surface area contributed by atoms with Crippen molar-refractivity contribution in [3.05, 3.63) is 42.5 Å². The average Bonchev–Trinajstić information content (AvgIpc) is 3.17. The molecule has 3 aromatic rings. The number of piperazine rings is 1. The molecule has 0 bridgehead atoms. The van der Waals surface area contributed by atoms with Crippen LogP contribution in [-0.4, -0.2) is 56.3 Å². The second-order valence-electron chi connectivity index (χ2n) is 5.98. The summed E-state index contributed by atoms with van der Waals surface area (Å²) in [5, 5.41) is 7.46. The number of rotatable bonds is 4. The third-order valence-electron chi connectivity index (χ3n) is 4.54. The molecule has 1 aromatic heterocycles. The van der Waals surface area contributed by atoms with E-state index < -0.39 is 10.0 Å². The van der Waals surface area contributed by atoms with Crippen LogP contribution in [-0.2, 0) is 10.0 Å². The standard InChI is InChI=1S/C17H18N4O4S/c1-24-14-7-5-13(6-8-14)20-9-11-21(12-10-20)26(22,23)16-4-2-3-15-17(16)19-25-18-15/h2-8H,9-12H2,1H3. The van der Waals surface area contributed by atoms with Gasteiger partial charge in [-0.15, -0.1) is 0 Å². The lowest BCUT2D eigenvalue weighted by molar-refractivity contribution is 0.315. The molecule has 0 aliphatic carbocycles. The van der Waals surface area contributed by atoms with Crippen LogP contribution in [0.1, 0.15) is 0 Å². The maximum atomic E-state index is 13.0. The van der Waals surface area contributed by atoms with Crippen molar-refractivity contribution in [2.45, 2.75) is 4.90 Å². The first-order valence-corrected chi connectivity index (χ1v) is 9.64. The van der Waals surface area contributed by atoms with E-state index in [1.54, 1.807) is 19.2 Å². The van der Waals surface area contributed by atoms with Gasteiger partial charge in [-0.1, -0.05) is 6.07 Å². The minimum atomic E-state index is -3.65. The van der Waals surface area contributed by atoms with E-state index in [9.17, 15) is 8.42 Å². The number of hydrogen-bond acceptors (Lipinski definition) is 7. The summed E-state index contributed by atoms with van der Waals surface area (Å²) in [5.41, 5.74) is 1.75. The van der Waals surface area contributed by atoms with Crippen LogP contribution in [0.25, 0.3) is 11.0 Å². The number of fused-ring (bicyclic) bond motifs is 1. The topological polar surface area (TPSA) is 88.8 Å². The highest BCUT2D eigenvalue weighted by Crippen LogP contribution is 2.26. The summed E-state index contributed by atoms with van der Waals surface area (Å²) in [6.45, 7) is 2.02. The van der Waals surface area contributed by atoms with E-state index >= 15 is 0 Å². The molecule has 1 fully saturated rings. The van der Waals surface area contributed by atoms with Crippen LogP contribution in [0.2, 0.25) is 0 Å². The van der Waals surface area contributed by atoms with Crippen molar-refractivity contribution in [2.75, 3.05) is 38.2 Å². The zero-order valence-electron chi connectivity index (χ0n) is 14.2. The quantitative estimate of drug-likeness (QED) is 0.687. The molecule has 2 aromatic carbocycles. The molecule has 1 aliphatic rings. The number of ether oxygens (including phenoxy) is 1. The zero-order valence-corrected chi connectivity index (χ0v) is 15.0. The molecular weight excluding hydrogens is 356 g/mol. The van der Waals surface area contributed by atoms with Crippen LogP contribution in [0.15, 0.2) is 52.0 Å². The van der Waals surface area contributed by atoms with Crippen molar-refractivity contribution >= 4 is 26.7 Å². The van der Waals surface area contributed by atoms with Gasteiger partial charge in [-0.25, -0.2) is 13.0 Å². The smallest absolute Gasteiger partial charge is 0.245 e. The Morgan fingerprint density at radius 2 is 1.73 bits per heavy atom. The maximum Gasteiger partial charge on any atom is 0.245 e. The summed E-state index contributed by atoms with van der Waals surface area (Å²) in [4.78, 5) is 2.29. The lowest BCUT2D eigenvalue weighted by atomic mass is 10.2. The van der Waals surface area contributed by atoms with Crippen molar-refractivity contribution in [2.24, 2.45) is 0 Å². The molecule has 9 heteroatoms. The van der Waals surface area contributed by atoms with Gasteiger partial charge in [-0.05, 0) is 46.7 Å². The van der Waals surface area contributed by atoms with Gasteiger partial charge >= 0.3 is 0 Å². The fourth-order valence-electron chi connectivity index (χ4n) is 3.11. The fourth-order valence-corrected chi connectivity index (χ4v) is 4.67. The predicted octanol–water partition coefficient (Wildman–Crippen LogP) is 1.74. The van der Waals surface area contributed by atoms with Gasteiger partial charge in [0.15, 0.2) is 5.52 Å². The predicted molar refractivity (Wildman–Crippen MR) is 95.8 cm³/mol. The van der Waals surface area contributed by atoms with E-state index in [4.69, 9.17) is 4.74 Å². The Morgan fingerprint density at radius 3 is 2.42 bits per heavy atom. The van der Waals surface area contributed by atoms with Gasteiger partial charge < -0.3 is 9.64 Å². The lowest BCUT2D eigenvalue weighted by Gasteiger charge is -2.35. The molecular formula is C17H18N4O4S. The van der Waals surface area contributed by atoms with Crippen LogP contribution in [0.4, 0.5) is 5.69 Å². The number of sulfonamides is 1. The number of methoxy groups -OCH3 is 1. The number of nitrogens with zero attached hydrogens (tertiary/aromatic N) is 4. The summed E-state index contributed by atoms with van der Waals surface area (Å²) in [6.07, 6.45) is 0. The van der Waals surface area contributed by atoms with Gasteiger partial charge in [0, 0.05) is 31.9 Å². The molecule has 8 nitrogen and oxygen atoms in total. The van der Waals surface area contributed by atoms with Gasteiger partial charge in [0.05, 0.1) is 7.11 Å². The van der Waals surface area contributed by atoms with Crippen molar-refractivity contribution in [1.29, 1.82) is 0 Å². The normalized spacial score (nSPS) is 16.1. The Hall–Kier alpha value is -2.65. The number of hydrogen-bond donors (Lipinski definition) is 0. The molecule has 0 amide bonds. The molecule has 136 valence electrons. The largest absolute Gasteiger partial charge is 0.497 e. The van der Waals surface area contributed by atoms with Crippen molar-refractivity contribution < 1.29 is 17.8 Å². The number of anilines is 1. The highest BCUT2D eigenvalue weighted by atomic mass is 32.2. The van der Waals surface area contributed by atoms with Gasteiger partial charge in [0.25, 0.3) is 0 Å². The molecule has 2 heterocycles. The summed E-state index contributed by atoms with van der Waals surface area (Å²) >= 11 is 0. The minimum Gasteiger partial charge on any atom is -0.497 e. The van der Waals surface area contributed by atoms with E-state index in [-0.39, 0.29) is 10.4 Å². The van der Waals surface area contributed by atoms with E-state index in [0.717, 1.165) is 11.4 Å². The van der Waals surface area contributed by atoms with Crippen molar-refractivity contribution in [3.63, 3.8) is 0 Å². The van der Waals surface area contributed by atoms with Crippen LogP contribution in [0, 0.1) is 0 Å². The maximum absolute atomic E-state index is 13.0. The third kappa shape index (κ3) is 2.89. The first-order valence-electron chi connectivity index (χ1n) is 8.20. The minimum absolute atomic E-state index is 0.133. The monoisotopic (exact) mass is 374 g/mol. The Bertz CT molecular complexity index is 1010. The molecule has 0 atom stereocenters. The van der Waals surface area contributed by atoms with Crippen molar-refractivity contribution in [3.8, 4) is 5.75 Å². The summed E-state index contributed by atoms with van der Waals surface area (Å²) in [5.74, 6) is 0.796. The molecule has 0 spiro atoms. The first kappa shape index (κ1) is 16.8. The van der Waals surface area contributed by atoms with E-state index in [1.165, 1.54) is 10.4 Å². The summed E-state index contributed by atoms with van der Waals surface area (Å²) < 4.78 is 37.3. The Morgan fingerprint density at radius 1 is 1.00 bits per heavy atom.